The number of rotatable bonds is 5. The van der Waals surface area contributed by atoms with Crippen molar-refractivity contribution in [3.8, 4) is 0 Å². The first-order valence-corrected chi connectivity index (χ1v) is 7.36. The van der Waals surface area contributed by atoms with Gasteiger partial charge in [0.15, 0.2) is 0 Å². The van der Waals surface area contributed by atoms with E-state index in [1.54, 1.807) is 0 Å². The number of anilines is 1. The lowest BCUT2D eigenvalue weighted by molar-refractivity contribution is 0.708. The van der Waals surface area contributed by atoms with Gasteiger partial charge in [0.1, 0.15) is 0 Å². The van der Waals surface area contributed by atoms with Crippen LogP contribution in [0.2, 0.25) is 5.02 Å². The molecule has 0 saturated heterocycles. The van der Waals surface area contributed by atoms with Crippen molar-refractivity contribution in [1.29, 1.82) is 0 Å². The summed E-state index contributed by atoms with van der Waals surface area (Å²) in [6.07, 6.45) is 1.88. The average Bonchev–Trinajstić information content (AvgIpc) is 2.48. The zero-order valence-corrected chi connectivity index (χ0v) is 13.6. The molecule has 1 aromatic carbocycles. The van der Waals surface area contributed by atoms with Gasteiger partial charge in [0.25, 0.3) is 0 Å². The molecular formula is C16H21ClN4. The number of hydrogen-bond acceptors (Lipinski definition) is 4. The Labute approximate surface area is 131 Å². The summed E-state index contributed by atoms with van der Waals surface area (Å²) in [5, 5.41) is 3.88. The fourth-order valence-electron chi connectivity index (χ4n) is 2.21. The molecule has 4 nitrogen and oxygen atoms in total. The van der Waals surface area contributed by atoms with Crippen LogP contribution >= 0.6 is 11.6 Å². The minimum absolute atomic E-state index is 0.105. The van der Waals surface area contributed by atoms with E-state index in [1.165, 1.54) is 0 Å². The normalized spacial score (nSPS) is 12.2. The maximum absolute atomic E-state index is 6.27. The number of nitrogens with zero attached hydrogens (tertiary/aromatic N) is 3. The number of aryl methyl sites for hydroxylation is 1. The Morgan fingerprint density at radius 3 is 2.67 bits per heavy atom. The highest BCUT2D eigenvalue weighted by molar-refractivity contribution is 6.31. The third-order valence-electron chi connectivity index (χ3n) is 3.69. The standard InChI is InChI=1S/C16H21ClN4/c1-11-13(9-18-3)10-19-16(20-11)21(4)12(2)14-7-5-6-8-15(14)17/h5-8,10,12,18H,9H2,1-4H3. The van der Waals surface area contributed by atoms with E-state index in [1.807, 2.05) is 56.4 Å². The van der Waals surface area contributed by atoms with Gasteiger partial charge in [0.2, 0.25) is 5.95 Å². The van der Waals surface area contributed by atoms with Gasteiger partial charge >= 0.3 is 0 Å². The Morgan fingerprint density at radius 2 is 2.05 bits per heavy atom. The molecule has 0 bridgehead atoms. The monoisotopic (exact) mass is 304 g/mol. The van der Waals surface area contributed by atoms with Crippen molar-refractivity contribution in [2.75, 3.05) is 19.0 Å². The smallest absolute Gasteiger partial charge is 0.225 e. The van der Waals surface area contributed by atoms with Gasteiger partial charge in [-0.05, 0) is 32.5 Å². The van der Waals surface area contributed by atoms with E-state index in [0.29, 0.717) is 5.95 Å². The second-order valence-corrected chi connectivity index (χ2v) is 5.53. The van der Waals surface area contributed by atoms with Crippen LogP contribution in [0.3, 0.4) is 0 Å². The lowest BCUT2D eigenvalue weighted by Gasteiger charge is -2.26. The van der Waals surface area contributed by atoms with E-state index < -0.39 is 0 Å². The molecule has 5 heteroatoms. The van der Waals surface area contributed by atoms with Gasteiger partial charge in [-0.1, -0.05) is 29.8 Å². The average molecular weight is 305 g/mol. The number of hydrogen-bond donors (Lipinski definition) is 1. The summed E-state index contributed by atoms with van der Waals surface area (Å²) < 4.78 is 0. The zero-order chi connectivity index (χ0) is 15.4. The molecule has 0 saturated carbocycles. The van der Waals surface area contributed by atoms with Crippen molar-refractivity contribution in [1.82, 2.24) is 15.3 Å². The van der Waals surface area contributed by atoms with Crippen molar-refractivity contribution in [2.24, 2.45) is 0 Å². The van der Waals surface area contributed by atoms with Gasteiger partial charge < -0.3 is 10.2 Å². The molecule has 0 radical (unpaired) electrons. The number of benzene rings is 1. The minimum Gasteiger partial charge on any atom is -0.337 e. The summed E-state index contributed by atoms with van der Waals surface area (Å²) in [5.74, 6) is 0.708. The van der Waals surface area contributed by atoms with Crippen molar-refractivity contribution >= 4 is 17.5 Å². The Hall–Kier alpha value is -1.65. The molecule has 0 aliphatic carbocycles. The highest BCUT2D eigenvalue weighted by atomic mass is 35.5. The third-order valence-corrected chi connectivity index (χ3v) is 4.03. The first-order chi connectivity index (χ1) is 10.0. The van der Waals surface area contributed by atoms with Crippen LogP contribution in [0, 0.1) is 6.92 Å². The predicted molar refractivity (Wildman–Crippen MR) is 87.8 cm³/mol. The lowest BCUT2D eigenvalue weighted by Crippen LogP contribution is -2.24. The molecule has 1 N–H and O–H groups in total. The Bertz CT molecular complexity index is 615. The molecule has 1 aromatic heterocycles. The van der Waals surface area contributed by atoms with E-state index in [-0.39, 0.29) is 6.04 Å². The van der Waals surface area contributed by atoms with Crippen molar-refractivity contribution in [3.05, 3.63) is 52.3 Å². The molecule has 1 unspecified atom stereocenters. The topological polar surface area (TPSA) is 41.1 Å². The van der Waals surface area contributed by atoms with E-state index in [9.17, 15) is 0 Å². The molecule has 1 atom stereocenters. The van der Waals surface area contributed by atoms with Gasteiger partial charge in [-0.2, -0.15) is 0 Å². The van der Waals surface area contributed by atoms with Gasteiger partial charge in [-0.15, -0.1) is 0 Å². The minimum atomic E-state index is 0.105. The van der Waals surface area contributed by atoms with Crippen LogP contribution in [0.25, 0.3) is 0 Å². The van der Waals surface area contributed by atoms with Crippen molar-refractivity contribution < 1.29 is 0 Å². The zero-order valence-electron chi connectivity index (χ0n) is 12.9. The van der Waals surface area contributed by atoms with Gasteiger partial charge in [0.05, 0.1) is 6.04 Å². The fraction of sp³-hybridized carbons (Fsp3) is 0.375. The van der Waals surface area contributed by atoms with Crippen LogP contribution in [0.1, 0.15) is 29.8 Å². The summed E-state index contributed by atoms with van der Waals surface area (Å²) in [7, 11) is 3.90. The number of halogens is 1. The van der Waals surface area contributed by atoms with Crippen molar-refractivity contribution in [3.63, 3.8) is 0 Å². The quantitative estimate of drug-likeness (QED) is 0.919. The largest absolute Gasteiger partial charge is 0.337 e. The maximum atomic E-state index is 6.27. The van der Waals surface area contributed by atoms with Crippen LogP contribution in [0.5, 0.6) is 0 Å². The second kappa shape index (κ2) is 6.87. The van der Waals surface area contributed by atoms with Gasteiger partial charge in [-0.3, -0.25) is 0 Å². The summed E-state index contributed by atoms with van der Waals surface area (Å²) in [4.78, 5) is 11.1. The van der Waals surface area contributed by atoms with Crippen LogP contribution in [-0.4, -0.2) is 24.1 Å². The molecule has 0 fully saturated rings. The molecule has 21 heavy (non-hydrogen) atoms. The van der Waals surface area contributed by atoms with Gasteiger partial charge in [-0.25, -0.2) is 9.97 Å². The molecule has 2 aromatic rings. The summed E-state index contributed by atoms with van der Waals surface area (Å²) in [5.41, 5.74) is 3.18. The first-order valence-electron chi connectivity index (χ1n) is 6.99. The predicted octanol–water partition coefficient (Wildman–Crippen LogP) is 3.36. The molecule has 0 aliphatic heterocycles. The Morgan fingerprint density at radius 1 is 1.33 bits per heavy atom. The Kier molecular flexibility index (Phi) is 5.15. The molecule has 1 heterocycles. The molecule has 0 aliphatic rings. The van der Waals surface area contributed by atoms with Crippen LogP contribution in [0.15, 0.2) is 30.5 Å². The SMILES string of the molecule is CNCc1cnc(N(C)C(C)c2ccccc2Cl)nc1C. The highest BCUT2D eigenvalue weighted by Gasteiger charge is 2.17. The first kappa shape index (κ1) is 15.7. The van der Waals surface area contributed by atoms with E-state index in [4.69, 9.17) is 11.6 Å². The van der Waals surface area contributed by atoms with Gasteiger partial charge in [0, 0.05) is 36.1 Å². The van der Waals surface area contributed by atoms with Crippen LogP contribution in [-0.2, 0) is 6.54 Å². The molecule has 0 spiro atoms. The molecule has 112 valence electrons. The molecule has 2 rings (SSSR count). The highest BCUT2D eigenvalue weighted by Crippen LogP contribution is 2.28. The van der Waals surface area contributed by atoms with Crippen LogP contribution < -0.4 is 10.2 Å². The van der Waals surface area contributed by atoms with Crippen LogP contribution in [0.4, 0.5) is 5.95 Å². The second-order valence-electron chi connectivity index (χ2n) is 5.12. The summed E-state index contributed by atoms with van der Waals surface area (Å²) in [6.45, 7) is 4.88. The van der Waals surface area contributed by atoms with E-state index in [2.05, 4.69) is 22.2 Å². The molecule has 0 amide bonds. The van der Waals surface area contributed by atoms with E-state index >= 15 is 0 Å². The Balaban J connectivity index is 2.25. The number of nitrogens with one attached hydrogen (secondary N) is 1. The fourth-order valence-corrected chi connectivity index (χ4v) is 2.50. The third kappa shape index (κ3) is 3.52. The molecular weight excluding hydrogens is 284 g/mol. The van der Waals surface area contributed by atoms with E-state index in [0.717, 1.165) is 28.4 Å². The lowest BCUT2D eigenvalue weighted by atomic mass is 10.1. The number of aromatic nitrogens is 2. The maximum Gasteiger partial charge on any atom is 0.225 e. The summed E-state index contributed by atoms with van der Waals surface area (Å²) >= 11 is 6.27. The summed E-state index contributed by atoms with van der Waals surface area (Å²) in [6, 6.07) is 7.97. The van der Waals surface area contributed by atoms with Crippen molar-refractivity contribution in [2.45, 2.75) is 26.4 Å².